The topological polar surface area (TPSA) is 91.5 Å². The molecule has 5 aromatic rings. The summed E-state index contributed by atoms with van der Waals surface area (Å²) in [4.78, 5) is 27.9. The highest BCUT2D eigenvalue weighted by Gasteiger charge is 2.23. The Morgan fingerprint density at radius 2 is 1.55 bits per heavy atom. The van der Waals surface area contributed by atoms with Crippen molar-refractivity contribution < 1.29 is 23.0 Å². The number of aromatic nitrogens is 4. The van der Waals surface area contributed by atoms with Crippen LogP contribution in [0, 0.1) is 11.6 Å². The van der Waals surface area contributed by atoms with Crippen LogP contribution in [-0.4, -0.2) is 31.8 Å². The van der Waals surface area contributed by atoms with Gasteiger partial charge in [0.15, 0.2) is 17.4 Å². The predicted octanol–water partition coefficient (Wildman–Crippen LogP) is 5.73. The molecule has 1 heterocycles. The summed E-state index contributed by atoms with van der Waals surface area (Å²) in [6, 6.07) is 26.2. The number of hydrogen-bond acceptors (Lipinski definition) is 7. The molecule has 0 aliphatic carbocycles. The standard InChI is InChI=1S/C31H27F2N5O4/c1-21(2)36(20-37-31(40)38(35-34-37)29-25(32)14-9-15-26(29)33)27-17-16-23(18-28(27)42-24-12-7-4-8-13-24)30(39)41-19-22-10-5-3-6-11-22/h3-18,21H,19-20H2,1-2H3. The van der Waals surface area contributed by atoms with E-state index in [1.54, 1.807) is 35.2 Å². The zero-order valence-corrected chi connectivity index (χ0v) is 22.9. The van der Waals surface area contributed by atoms with Crippen LogP contribution in [-0.2, 0) is 18.0 Å². The third-order valence-corrected chi connectivity index (χ3v) is 6.39. The third-order valence-electron chi connectivity index (χ3n) is 6.39. The maximum atomic E-state index is 14.4. The molecular formula is C31H27F2N5O4. The molecule has 4 aromatic carbocycles. The lowest BCUT2D eigenvalue weighted by Gasteiger charge is -2.30. The van der Waals surface area contributed by atoms with Crippen LogP contribution in [0.1, 0.15) is 29.8 Å². The van der Waals surface area contributed by atoms with E-state index in [0.717, 1.165) is 22.4 Å². The van der Waals surface area contributed by atoms with Crippen molar-refractivity contribution in [3.8, 4) is 17.2 Å². The van der Waals surface area contributed by atoms with Crippen LogP contribution in [0.5, 0.6) is 11.5 Å². The second-order valence-electron chi connectivity index (χ2n) is 9.61. The van der Waals surface area contributed by atoms with Gasteiger partial charge in [-0.15, -0.1) is 0 Å². The fraction of sp³-hybridized carbons (Fsp3) is 0.161. The molecule has 0 saturated carbocycles. The van der Waals surface area contributed by atoms with Gasteiger partial charge < -0.3 is 14.4 Å². The minimum absolute atomic E-state index is 0.107. The molecule has 0 saturated heterocycles. The molecule has 42 heavy (non-hydrogen) atoms. The van der Waals surface area contributed by atoms with Gasteiger partial charge in [-0.1, -0.05) is 54.6 Å². The number of carbonyl (C=O) groups is 1. The average Bonchev–Trinajstić information content (AvgIpc) is 3.34. The van der Waals surface area contributed by atoms with Crippen molar-refractivity contribution in [2.24, 2.45) is 0 Å². The molecule has 1 aromatic heterocycles. The maximum absolute atomic E-state index is 14.4. The predicted molar refractivity (Wildman–Crippen MR) is 152 cm³/mol. The lowest BCUT2D eigenvalue weighted by molar-refractivity contribution is 0.0472. The Kier molecular flexibility index (Phi) is 8.37. The SMILES string of the molecule is CC(C)N(Cn1nnn(-c2c(F)cccc2F)c1=O)c1ccc(C(=O)OCc2ccccc2)cc1Oc1ccccc1. The zero-order chi connectivity index (χ0) is 29.6. The molecule has 0 aliphatic rings. The number of halogens is 2. The van der Waals surface area contributed by atoms with Gasteiger partial charge in [-0.3, -0.25) is 0 Å². The molecule has 0 fully saturated rings. The van der Waals surface area contributed by atoms with Crippen LogP contribution in [0.4, 0.5) is 14.5 Å². The van der Waals surface area contributed by atoms with Gasteiger partial charge in [0.2, 0.25) is 0 Å². The van der Waals surface area contributed by atoms with Crippen molar-refractivity contribution in [2.45, 2.75) is 33.2 Å². The second-order valence-corrected chi connectivity index (χ2v) is 9.61. The Bertz CT molecular complexity index is 1720. The summed E-state index contributed by atoms with van der Waals surface area (Å²) in [5.74, 6) is -1.58. The molecule has 0 aliphatic heterocycles. The third kappa shape index (κ3) is 6.20. The summed E-state index contributed by atoms with van der Waals surface area (Å²) in [5.41, 5.74) is 0.199. The van der Waals surface area contributed by atoms with Gasteiger partial charge >= 0.3 is 11.7 Å². The molecule has 9 nitrogen and oxygen atoms in total. The van der Waals surface area contributed by atoms with E-state index in [9.17, 15) is 18.4 Å². The number of tetrazole rings is 1. The monoisotopic (exact) mass is 571 g/mol. The van der Waals surface area contributed by atoms with E-state index >= 15 is 0 Å². The van der Waals surface area contributed by atoms with Crippen LogP contribution in [0.15, 0.2) is 102 Å². The molecule has 0 radical (unpaired) electrons. The quantitative estimate of drug-likeness (QED) is 0.198. The number of ether oxygens (including phenoxy) is 2. The van der Waals surface area contributed by atoms with Crippen molar-refractivity contribution in [2.75, 3.05) is 4.90 Å². The van der Waals surface area contributed by atoms with Gasteiger partial charge in [-0.2, -0.15) is 9.36 Å². The molecule has 0 bridgehead atoms. The number of carbonyl (C=O) groups excluding carboxylic acids is 1. The lowest BCUT2D eigenvalue weighted by Crippen LogP contribution is -2.38. The summed E-state index contributed by atoms with van der Waals surface area (Å²) in [6.45, 7) is 3.76. The highest BCUT2D eigenvalue weighted by molar-refractivity contribution is 5.91. The molecule has 0 amide bonds. The highest BCUT2D eigenvalue weighted by atomic mass is 19.1. The first kappa shape index (κ1) is 28.2. The average molecular weight is 572 g/mol. The van der Waals surface area contributed by atoms with Crippen molar-refractivity contribution in [1.82, 2.24) is 19.8 Å². The van der Waals surface area contributed by atoms with Crippen LogP contribution in [0.25, 0.3) is 5.69 Å². The van der Waals surface area contributed by atoms with Gasteiger partial charge in [0.05, 0.1) is 11.3 Å². The van der Waals surface area contributed by atoms with Crippen molar-refractivity contribution in [1.29, 1.82) is 0 Å². The second kappa shape index (κ2) is 12.5. The summed E-state index contributed by atoms with van der Waals surface area (Å²) in [7, 11) is 0. The molecule has 0 atom stereocenters. The fourth-order valence-corrected chi connectivity index (χ4v) is 4.24. The Morgan fingerprint density at radius 3 is 2.21 bits per heavy atom. The van der Waals surface area contributed by atoms with Gasteiger partial charge in [-0.05, 0) is 72.3 Å². The largest absolute Gasteiger partial charge is 0.457 e. The smallest absolute Gasteiger partial charge is 0.370 e. The summed E-state index contributed by atoms with van der Waals surface area (Å²) in [5, 5.41) is 7.57. The lowest BCUT2D eigenvalue weighted by atomic mass is 10.1. The number of esters is 1. The van der Waals surface area contributed by atoms with Gasteiger partial charge in [-0.25, -0.2) is 18.4 Å². The van der Waals surface area contributed by atoms with E-state index in [1.807, 2.05) is 62.4 Å². The zero-order valence-electron chi connectivity index (χ0n) is 22.9. The van der Waals surface area contributed by atoms with E-state index in [-0.39, 0.29) is 24.9 Å². The molecule has 0 spiro atoms. The van der Waals surface area contributed by atoms with Crippen molar-refractivity contribution in [3.63, 3.8) is 0 Å². The maximum Gasteiger partial charge on any atom is 0.370 e. The molecule has 5 rings (SSSR count). The Hall–Kier alpha value is -5.32. The number of nitrogens with zero attached hydrogens (tertiary/aromatic N) is 5. The minimum Gasteiger partial charge on any atom is -0.457 e. The molecular weight excluding hydrogens is 544 g/mol. The Labute approximate surface area is 240 Å². The van der Waals surface area contributed by atoms with Crippen LogP contribution >= 0.6 is 0 Å². The number of benzene rings is 4. The van der Waals surface area contributed by atoms with Crippen LogP contribution in [0.2, 0.25) is 0 Å². The Morgan fingerprint density at radius 1 is 0.881 bits per heavy atom. The first-order valence-electron chi connectivity index (χ1n) is 13.1. The van der Waals surface area contributed by atoms with Gasteiger partial charge in [0.1, 0.15) is 24.7 Å². The summed E-state index contributed by atoms with van der Waals surface area (Å²) < 4.78 is 42.0. The van der Waals surface area contributed by atoms with Crippen LogP contribution in [0.3, 0.4) is 0 Å². The van der Waals surface area contributed by atoms with E-state index in [1.165, 1.54) is 6.07 Å². The molecule has 0 unspecified atom stereocenters. The van der Waals surface area contributed by atoms with E-state index < -0.39 is 29.0 Å². The van der Waals surface area contributed by atoms with Gasteiger partial charge in [0.25, 0.3) is 0 Å². The highest BCUT2D eigenvalue weighted by Crippen LogP contribution is 2.35. The number of rotatable bonds is 10. The number of hydrogen-bond donors (Lipinski definition) is 0. The van der Waals surface area contributed by atoms with Crippen molar-refractivity contribution >= 4 is 11.7 Å². The number of anilines is 1. The van der Waals surface area contributed by atoms with Crippen LogP contribution < -0.4 is 15.3 Å². The molecule has 0 N–H and O–H groups in total. The van der Waals surface area contributed by atoms with Crippen molar-refractivity contribution in [3.05, 3.63) is 130 Å². The fourth-order valence-electron chi connectivity index (χ4n) is 4.24. The van der Waals surface area contributed by atoms with E-state index in [0.29, 0.717) is 21.9 Å². The van der Waals surface area contributed by atoms with E-state index in [2.05, 4.69) is 10.4 Å². The first-order valence-corrected chi connectivity index (χ1v) is 13.1. The van der Waals surface area contributed by atoms with Gasteiger partial charge in [0, 0.05) is 6.04 Å². The summed E-state index contributed by atoms with van der Waals surface area (Å²) >= 11 is 0. The van der Waals surface area contributed by atoms with E-state index in [4.69, 9.17) is 9.47 Å². The minimum atomic E-state index is -0.946. The number of para-hydroxylation sites is 2. The Balaban J connectivity index is 1.47. The molecule has 11 heteroatoms. The first-order chi connectivity index (χ1) is 20.3. The molecule has 214 valence electrons. The normalized spacial score (nSPS) is 11.0. The summed E-state index contributed by atoms with van der Waals surface area (Å²) in [6.07, 6.45) is 0.